The summed E-state index contributed by atoms with van der Waals surface area (Å²) in [5.74, 6) is 0. The van der Waals surface area contributed by atoms with Gasteiger partial charge in [-0.3, -0.25) is 15.4 Å². The summed E-state index contributed by atoms with van der Waals surface area (Å²) in [6.07, 6.45) is -2.78. The summed E-state index contributed by atoms with van der Waals surface area (Å²) in [5, 5.41) is -4.72. The second-order valence-electron chi connectivity index (χ2n) is 8.42. The first-order valence-electron chi connectivity index (χ1n) is 10.8. The lowest BCUT2D eigenvalue weighted by atomic mass is 9.91. The number of aromatic nitrogens is 1. The number of hydrazine groups is 1. The molecule has 5 rings (SSSR count). The van der Waals surface area contributed by atoms with Crippen LogP contribution in [-0.2, 0) is 23.0 Å². The number of hydrogen-bond acceptors (Lipinski definition) is 8. The molecule has 2 aliphatic rings. The number of halogens is 5. The number of thiazole rings is 1. The fourth-order valence-electron chi connectivity index (χ4n) is 4.57. The van der Waals surface area contributed by atoms with Crippen LogP contribution < -0.4 is 15.8 Å². The molecule has 3 heterocycles. The molecular weight excluding hydrogens is 547 g/mol. The van der Waals surface area contributed by atoms with Gasteiger partial charge >= 0.3 is 11.4 Å². The van der Waals surface area contributed by atoms with Crippen LogP contribution in [0.1, 0.15) is 24.0 Å². The molecule has 2 aromatic carbocycles. The number of rotatable bonds is 6. The van der Waals surface area contributed by atoms with Crippen molar-refractivity contribution >= 4 is 59.9 Å². The molecule has 0 unspecified atom stereocenters. The first-order valence-corrected chi connectivity index (χ1v) is 13.9. The molecule has 7 nitrogen and oxygen atoms in total. The molecule has 36 heavy (non-hydrogen) atoms. The molecule has 0 saturated heterocycles. The van der Waals surface area contributed by atoms with E-state index in [1.807, 2.05) is 0 Å². The Morgan fingerprint density at radius 3 is 2.47 bits per heavy atom. The van der Waals surface area contributed by atoms with E-state index in [9.17, 15) is 34.9 Å². The van der Waals surface area contributed by atoms with Gasteiger partial charge in [-0.25, -0.2) is 4.98 Å². The number of alkyl halides is 5. The van der Waals surface area contributed by atoms with Gasteiger partial charge in [-0.05, 0) is 72.8 Å². The third-order valence-corrected chi connectivity index (χ3v) is 8.86. The maximum Gasteiger partial charge on any atom is 0.464 e. The van der Waals surface area contributed by atoms with E-state index >= 15 is 0 Å². The van der Waals surface area contributed by atoms with Crippen LogP contribution in [0.2, 0.25) is 0 Å². The highest BCUT2D eigenvalue weighted by Crippen LogP contribution is 2.48. The highest BCUT2D eigenvalue weighted by molar-refractivity contribution is 8.00. The quantitative estimate of drug-likeness (QED) is 0.146. The van der Waals surface area contributed by atoms with E-state index in [-0.39, 0.29) is 20.6 Å². The molecule has 0 fully saturated rings. The van der Waals surface area contributed by atoms with Crippen LogP contribution in [0, 0.1) is 0 Å². The maximum absolute atomic E-state index is 13.4. The average molecular weight is 567 g/mol. The predicted octanol–water partition coefficient (Wildman–Crippen LogP) is 5.93. The lowest BCUT2D eigenvalue weighted by molar-refractivity contribution is -0.237. The summed E-state index contributed by atoms with van der Waals surface area (Å²) < 4.78 is 99.5. The zero-order valence-corrected chi connectivity index (χ0v) is 20.8. The van der Waals surface area contributed by atoms with Crippen molar-refractivity contribution in [3.8, 4) is 0 Å². The van der Waals surface area contributed by atoms with Crippen molar-refractivity contribution in [1.82, 2.24) is 4.98 Å². The number of hydrogen-bond donors (Lipinski definition) is 3. The second-order valence-corrected chi connectivity index (χ2v) is 12.0. The van der Waals surface area contributed by atoms with Gasteiger partial charge < -0.3 is 4.90 Å². The van der Waals surface area contributed by atoms with Gasteiger partial charge in [0.05, 0.1) is 15.9 Å². The van der Waals surface area contributed by atoms with Gasteiger partial charge in [-0.1, -0.05) is 11.3 Å². The van der Waals surface area contributed by atoms with E-state index < -0.39 is 33.3 Å². The fraction of sp³-hybridized carbons (Fsp3) is 0.381. The second kappa shape index (κ2) is 8.89. The molecule has 0 saturated carbocycles. The number of nitrogens with one attached hydrogen (secondary N) is 2. The first kappa shape index (κ1) is 25.3. The van der Waals surface area contributed by atoms with Crippen molar-refractivity contribution in [2.75, 3.05) is 28.8 Å². The molecule has 0 aliphatic carbocycles. The minimum absolute atomic E-state index is 0.148. The van der Waals surface area contributed by atoms with E-state index in [2.05, 4.69) is 20.7 Å². The van der Waals surface area contributed by atoms with Crippen molar-refractivity contribution in [3.63, 3.8) is 0 Å². The normalized spacial score (nSPS) is 16.2. The van der Waals surface area contributed by atoms with E-state index in [1.165, 1.54) is 12.1 Å². The molecule has 0 atom stereocenters. The standard InChI is InChI=1S/C21H19F5N4O3S3/c22-20(23,24)21(25,26)35-12-5-6-14-16(10-12)34-19(27-14)29-28-15-9-11-3-1-7-30-8-2-4-13(17(11)30)18(15)36(31,32)33/h5-6,9-10,28H,1-4,7-8H2,(H,27,29)(H,31,32,33). The Bertz CT molecular complexity index is 1440. The Balaban J connectivity index is 1.43. The lowest BCUT2D eigenvalue weighted by Crippen LogP contribution is -2.35. The average Bonchev–Trinajstić information content (AvgIpc) is 3.18. The minimum Gasteiger partial charge on any atom is -0.371 e. The fourth-order valence-corrected chi connectivity index (χ4v) is 7.12. The van der Waals surface area contributed by atoms with E-state index in [0.717, 1.165) is 61.0 Å². The Hall–Kier alpha value is -2.36. The molecule has 2 aliphatic heterocycles. The number of anilines is 3. The van der Waals surface area contributed by atoms with Crippen LogP contribution in [0.3, 0.4) is 0 Å². The van der Waals surface area contributed by atoms with Crippen LogP contribution in [0.4, 0.5) is 38.5 Å². The van der Waals surface area contributed by atoms with E-state index in [1.54, 1.807) is 6.07 Å². The number of benzene rings is 2. The molecule has 15 heteroatoms. The van der Waals surface area contributed by atoms with Crippen molar-refractivity contribution in [2.45, 2.75) is 46.9 Å². The van der Waals surface area contributed by atoms with Gasteiger partial charge in [0.25, 0.3) is 10.1 Å². The summed E-state index contributed by atoms with van der Waals surface area (Å²) in [4.78, 5) is 5.91. The van der Waals surface area contributed by atoms with Crippen molar-refractivity contribution in [2.24, 2.45) is 0 Å². The Morgan fingerprint density at radius 1 is 1.06 bits per heavy atom. The van der Waals surface area contributed by atoms with Gasteiger partial charge in [0.1, 0.15) is 4.90 Å². The zero-order chi connectivity index (χ0) is 25.9. The number of thioether (sulfide) groups is 1. The number of aryl methyl sites for hydroxylation is 1. The monoisotopic (exact) mass is 566 g/mol. The van der Waals surface area contributed by atoms with Crippen LogP contribution in [0.25, 0.3) is 10.2 Å². The topological polar surface area (TPSA) is 94.6 Å². The van der Waals surface area contributed by atoms with E-state index in [4.69, 9.17) is 0 Å². The van der Waals surface area contributed by atoms with Crippen LogP contribution in [0.15, 0.2) is 34.1 Å². The van der Waals surface area contributed by atoms with Crippen LogP contribution in [-0.4, -0.2) is 42.5 Å². The van der Waals surface area contributed by atoms with Gasteiger partial charge in [0.2, 0.25) is 5.13 Å². The molecule has 1 aromatic heterocycles. The van der Waals surface area contributed by atoms with Crippen molar-refractivity contribution < 1.29 is 34.9 Å². The highest BCUT2D eigenvalue weighted by atomic mass is 32.2. The third-order valence-electron chi connectivity index (χ3n) is 5.97. The first-order chi connectivity index (χ1) is 16.8. The summed E-state index contributed by atoms with van der Waals surface area (Å²) in [6.45, 7) is 1.63. The van der Waals surface area contributed by atoms with Crippen molar-refractivity contribution in [3.05, 3.63) is 35.4 Å². The molecule has 3 aromatic rings. The third kappa shape index (κ3) is 4.68. The van der Waals surface area contributed by atoms with Gasteiger partial charge in [0, 0.05) is 23.7 Å². The Kier molecular flexibility index (Phi) is 6.24. The lowest BCUT2D eigenvalue weighted by Gasteiger charge is -2.38. The molecule has 194 valence electrons. The Morgan fingerprint density at radius 2 is 1.78 bits per heavy atom. The summed E-state index contributed by atoms with van der Waals surface area (Å²) in [5.41, 5.74) is 8.45. The molecule has 0 radical (unpaired) electrons. The molecule has 3 N–H and O–H groups in total. The minimum atomic E-state index is -5.69. The van der Waals surface area contributed by atoms with Gasteiger partial charge in [0.15, 0.2) is 0 Å². The molecular formula is C21H19F5N4O3S3. The summed E-state index contributed by atoms with van der Waals surface area (Å²) in [7, 11) is -4.58. The SMILES string of the molecule is O=S(=O)(O)c1c(NNc2nc3ccc(SC(F)(F)C(F)(F)F)cc3s2)cc2c3c1CCCN3CCC2. The summed E-state index contributed by atoms with van der Waals surface area (Å²) in [6, 6.07) is 5.31. The Labute approximate surface area is 210 Å². The molecule has 0 amide bonds. The smallest absolute Gasteiger partial charge is 0.371 e. The van der Waals surface area contributed by atoms with Crippen LogP contribution in [0.5, 0.6) is 0 Å². The molecule has 0 spiro atoms. The number of nitrogens with zero attached hydrogens (tertiary/aromatic N) is 2. The largest absolute Gasteiger partial charge is 0.464 e. The molecule has 0 bridgehead atoms. The predicted molar refractivity (Wildman–Crippen MR) is 129 cm³/mol. The number of fused-ring (bicyclic) bond motifs is 1. The maximum atomic E-state index is 13.4. The van der Waals surface area contributed by atoms with Crippen LogP contribution >= 0.6 is 23.1 Å². The highest BCUT2D eigenvalue weighted by Gasteiger charge is 2.58. The van der Waals surface area contributed by atoms with Gasteiger partial charge in [-0.2, -0.15) is 30.4 Å². The van der Waals surface area contributed by atoms with E-state index in [0.29, 0.717) is 22.2 Å². The van der Waals surface area contributed by atoms with Gasteiger partial charge in [-0.15, -0.1) is 0 Å². The zero-order valence-electron chi connectivity index (χ0n) is 18.3. The summed E-state index contributed by atoms with van der Waals surface area (Å²) >= 11 is 0.384. The van der Waals surface area contributed by atoms with Crippen molar-refractivity contribution in [1.29, 1.82) is 0 Å².